The van der Waals surface area contributed by atoms with E-state index in [2.05, 4.69) is 0 Å². The van der Waals surface area contributed by atoms with Gasteiger partial charge in [-0.2, -0.15) is 0 Å². The summed E-state index contributed by atoms with van der Waals surface area (Å²) in [6, 6.07) is 5.34. The molecule has 1 heterocycles. The molecule has 0 bridgehead atoms. The molecule has 0 unspecified atom stereocenters. The van der Waals surface area contributed by atoms with Crippen LogP contribution in [0.5, 0.6) is 5.75 Å². The molecule has 114 valence electrons. The van der Waals surface area contributed by atoms with Gasteiger partial charge >= 0.3 is 5.97 Å². The Labute approximate surface area is 123 Å². The third-order valence-corrected chi connectivity index (χ3v) is 3.27. The highest BCUT2D eigenvalue weighted by atomic mass is 16.5. The number of esters is 1. The number of carbonyl (C=O) groups is 2. The fourth-order valence-electron chi connectivity index (χ4n) is 2.24. The van der Waals surface area contributed by atoms with Gasteiger partial charge in [0.15, 0.2) is 5.60 Å². The summed E-state index contributed by atoms with van der Waals surface area (Å²) in [7, 11) is 0. The number of anilines is 1. The van der Waals surface area contributed by atoms with E-state index in [9.17, 15) is 9.59 Å². The van der Waals surface area contributed by atoms with Gasteiger partial charge in [-0.15, -0.1) is 0 Å². The van der Waals surface area contributed by atoms with Gasteiger partial charge in [-0.05, 0) is 38.5 Å². The van der Waals surface area contributed by atoms with Gasteiger partial charge in [0.2, 0.25) is 0 Å². The lowest BCUT2D eigenvalue weighted by Crippen LogP contribution is -2.54. The number of carbonyl (C=O) groups excluding carboxylic acids is 2. The average Bonchev–Trinajstić information content (AvgIpc) is 2.43. The second-order valence-corrected chi connectivity index (χ2v) is 5.31. The van der Waals surface area contributed by atoms with Gasteiger partial charge < -0.3 is 15.2 Å². The van der Waals surface area contributed by atoms with Gasteiger partial charge in [0.1, 0.15) is 12.3 Å². The highest BCUT2D eigenvalue weighted by Gasteiger charge is 2.41. The SMILES string of the molecule is CCOC(=O)CN1C(=O)C(C)(C)Oc2cc(CN)ccc21. The third-order valence-electron chi connectivity index (χ3n) is 3.27. The van der Waals surface area contributed by atoms with E-state index in [1.165, 1.54) is 4.90 Å². The van der Waals surface area contributed by atoms with Crippen molar-refractivity contribution >= 4 is 17.6 Å². The summed E-state index contributed by atoms with van der Waals surface area (Å²) in [6.07, 6.45) is 0. The van der Waals surface area contributed by atoms with Crippen LogP contribution >= 0.6 is 0 Å². The first kappa shape index (κ1) is 15.3. The lowest BCUT2D eigenvalue weighted by Gasteiger charge is -2.38. The van der Waals surface area contributed by atoms with Gasteiger partial charge in [0.25, 0.3) is 5.91 Å². The highest BCUT2D eigenvalue weighted by Crippen LogP contribution is 2.38. The summed E-state index contributed by atoms with van der Waals surface area (Å²) in [5.41, 5.74) is 6.05. The average molecular weight is 292 g/mol. The second-order valence-electron chi connectivity index (χ2n) is 5.31. The lowest BCUT2D eigenvalue weighted by atomic mass is 10.0. The zero-order valence-corrected chi connectivity index (χ0v) is 12.5. The predicted octanol–water partition coefficient (Wildman–Crippen LogP) is 1.21. The van der Waals surface area contributed by atoms with Crippen LogP contribution in [-0.4, -0.2) is 30.6 Å². The summed E-state index contributed by atoms with van der Waals surface area (Å²) >= 11 is 0. The maximum Gasteiger partial charge on any atom is 0.326 e. The van der Waals surface area contributed by atoms with Gasteiger partial charge in [0.05, 0.1) is 12.3 Å². The number of fused-ring (bicyclic) bond motifs is 1. The van der Waals surface area contributed by atoms with Crippen molar-refractivity contribution in [1.82, 2.24) is 0 Å². The Balaban J connectivity index is 2.39. The van der Waals surface area contributed by atoms with Crippen molar-refractivity contribution in [3.05, 3.63) is 23.8 Å². The van der Waals surface area contributed by atoms with E-state index in [1.54, 1.807) is 32.9 Å². The molecule has 0 fully saturated rings. The normalized spacial score (nSPS) is 16.2. The molecule has 1 aromatic rings. The molecule has 0 saturated carbocycles. The number of rotatable bonds is 4. The molecule has 0 saturated heterocycles. The van der Waals surface area contributed by atoms with Crippen molar-refractivity contribution in [2.75, 3.05) is 18.1 Å². The number of benzene rings is 1. The summed E-state index contributed by atoms with van der Waals surface area (Å²) < 4.78 is 10.7. The van der Waals surface area contributed by atoms with Crippen LogP contribution in [0.4, 0.5) is 5.69 Å². The molecule has 1 aliphatic rings. The molecule has 6 heteroatoms. The third kappa shape index (κ3) is 3.00. The monoisotopic (exact) mass is 292 g/mol. The fraction of sp³-hybridized carbons (Fsp3) is 0.467. The Morgan fingerprint density at radius 3 is 2.76 bits per heavy atom. The van der Waals surface area contributed by atoms with Crippen LogP contribution in [0.3, 0.4) is 0 Å². The minimum absolute atomic E-state index is 0.131. The molecule has 0 radical (unpaired) electrons. The zero-order valence-electron chi connectivity index (χ0n) is 12.5. The Kier molecular flexibility index (Phi) is 4.18. The summed E-state index contributed by atoms with van der Waals surface area (Å²) in [4.78, 5) is 25.6. The van der Waals surface area contributed by atoms with E-state index in [0.29, 0.717) is 18.0 Å². The largest absolute Gasteiger partial charge is 0.476 e. The van der Waals surface area contributed by atoms with Crippen LogP contribution in [-0.2, 0) is 20.9 Å². The molecule has 0 atom stereocenters. The van der Waals surface area contributed by atoms with Crippen LogP contribution in [0.15, 0.2) is 18.2 Å². The Hall–Kier alpha value is -2.08. The molecule has 2 rings (SSSR count). The van der Waals surface area contributed by atoms with Crippen molar-refractivity contribution in [1.29, 1.82) is 0 Å². The molecular formula is C15H20N2O4. The maximum absolute atomic E-state index is 12.5. The minimum atomic E-state index is -1.04. The van der Waals surface area contributed by atoms with Gasteiger partial charge in [-0.25, -0.2) is 0 Å². The van der Waals surface area contributed by atoms with E-state index in [-0.39, 0.29) is 19.1 Å². The van der Waals surface area contributed by atoms with E-state index in [0.717, 1.165) is 5.56 Å². The molecule has 1 aliphatic heterocycles. The van der Waals surface area contributed by atoms with E-state index >= 15 is 0 Å². The Bertz CT molecular complexity index is 569. The quantitative estimate of drug-likeness (QED) is 0.844. The van der Waals surface area contributed by atoms with Crippen molar-refractivity contribution in [3.63, 3.8) is 0 Å². The van der Waals surface area contributed by atoms with Gasteiger partial charge in [0, 0.05) is 6.54 Å². The van der Waals surface area contributed by atoms with Crippen LogP contribution in [0.1, 0.15) is 26.3 Å². The first-order valence-corrected chi connectivity index (χ1v) is 6.88. The lowest BCUT2D eigenvalue weighted by molar-refractivity contribution is -0.144. The number of ether oxygens (including phenoxy) is 2. The van der Waals surface area contributed by atoms with Crippen LogP contribution in [0.25, 0.3) is 0 Å². The van der Waals surface area contributed by atoms with Gasteiger partial charge in [-0.3, -0.25) is 14.5 Å². The molecule has 2 N–H and O–H groups in total. The molecule has 1 aromatic carbocycles. The Morgan fingerprint density at radius 2 is 2.14 bits per heavy atom. The molecule has 1 amide bonds. The Morgan fingerprint density at radius 1 is 1.43 bits per heavy atom. The van der Waals surface area contributed by atoms with Crippen LogP contribution in [0.2, 0.25) is 0 Å². The molecule has 0 aliphatic carbocycles. The van der Waals surface area contributed by atoms with Crippen molar-refractivity contribution in [2.24, 2.45) is 5.73 Å². The molecule has 0 spiro atoms. The number of nitrogens with two attached hydrogens (primary N) is 1. The topological polar surface area (TPSA) is 81.9 Å². The van der Waals surface area contributed by atoms with Crippen molar-refractivity contribution in [3.8, 4) is 5.75 Å². The number of amides is 1. The standard InChI is InChI=1S/C15H20N2O4/c1-4-20-13(18)9-17-11-6-5-10(8-16)7-12(11)21-15(2,3)14(17)19/h5-7H,4,8-9,16H2,1-3H3. The molecule has 6 nitrogen and oxygen atoms in total. The fourth-order valence-corrected chi connectivity index (χ4v) is 2.24. The summed E-state index contributed by atoms with van der Waals surface area (Å²) in [5, 5.41) is 0. The zero-order chi connectivity index (χ0) is 15.6. The smallest absolute Gasteiger partial charge is 0.326 e. The predicted molar refractivity (Wildman–Crippen MR) is 78.0 cm³/mol. The summed E-state index contributed by atoms with van der Waals surface area (Å²) in [5.74, 6) is -0.173. The highest BCUT2D eigenvalue weighted by molar-refractivity contribution is 6.05. The van der Waals surface area contributed by atoms with Gasteiger partial charge in [-0.1, -0.05) is 6.07 Å². The van der Waals surface area contributed by atoms with Crippen molar-refractivity contribution in [2.45, 2.75) is 32.9 Å². The van der Waals surface area contributed by atoms with E-state index < -0.39 is 11.6 Å². The number of nitrogens with zero attached hydrogens (tertiary/aromatic N) is 1. The van der Waals surface area contributed by atoms with Crippen LogP contribution < -0.4 is 15.4 Å². The molecular weight excluding hydrogens is 272 g/mol. The molecule has 0 aromatic heterocycles. The maximum atomic E-state index is 12.5. The van der Waals surface area contributed by atoms with E-state index in [1.807, 2.05) is 6.07 Å². The van der Waals surface area contributed by atoms with E-state index in [4.69, 9.17) is 15.2 Å². The first-order chi connectivity index (χ1) is 9.89. The molecule has 21 heavy (non-hydrogen) atoms. The van der Waals surface area contributed by atoms with Crippen LogP contribution in [0, 0.1) is 0 Å². The van der Waals surface area contributed by atoms with Crippen molar-refractivity contribution < 1.29 is 19.1 Å². The number of hydrogen-bond donors (Lipinski definition) is 1. The number of hydrogen-bond acceptors (Lipinski definition) is 5. The first-order valence-electron chi connectivity index (χ1n) is 6.88. The second kappa shape index (κ2) is 5.73. The minimum Gasteiger partial charge on any atom is -0.476 e. The summed E-state index contributed by atoms with van der Waals surface area (Å²) in [6.45, 7) is 5.60.